The number of aromatic nitrogens is 3. The van der Waals surface area contributed by atoms with Crippen LogP contribution >= 0.6 is 0 Å². The molecule has 0 atom stereocenters. The molecule has 1 amide bonds. The second kappa shape index (κ2) is 9.16. The van der Waals surface area contributed by atoms with E-state index in [1.807, 2.05) is 71.6 Å². The maximum Gasteiger partial charge on any atom is 0.276 e. The van der Waals surface area contributed by atoms with Crippen LogP contribution in [0.15, 0.2) is 91.0 Å². The maximum absolute atomic E-state index is 13.5. The Morgan fingerprint density at radius 2 is 1.34 bits per heavy atom. The van der Waals surface area contributed by atoms with Crippen LogP contribution in [-0.2, 0) is 6.54 Å². The van der Waals surface area contributed by atoms with Crippen LogP contribution in [0.5, 0.6) is 0 Å². The van der Waals surface area contributed by atoms with Crippen LogP contribution in [0.2, 0.25) is 0 Å². The molecule has 1 aromatic heterocycles. The van der Waals surface area contributed by atoms with Crippen LogP contribution in [0.4, 0.5) is 0 Å². The average molecular weight is 424 g/mol. The van der Waals surface area contributed by atoms with Crippen molar-refractivity contribution in [1.29, 1.82) is 0 Å². The Hall–Kier alpha value is -3.77. The Kier molecular flexibility index (Phi) is 5.77. The molecule has 160 valence electrons. The van der Waals surface area contributed by atoms with E-state index in [4.69, 9.17) is 0 Å². The molecule has 0 saturated carbocycles. The van der Waals surface area contributed by atoms with Gasteiger partial charge in [0.15, 0.2) is 5.69 Å². The smallest absolute Gasteiger partial charge is 0.276 e. The molecule has 1 aliphatic heterocycles. The second-order valence-corrected chi connectivity index (χ2v) is 7.95. The van der Waals surface area contributed by atoms with Crippen molar-refractivity contribution >= 4 is 5.91 Å². The first-order valence-corrected chi connectivity index (χ1v) is 10.9. The normalized spacial score (nSPS) is 14.4. The molecule has 0 radical (unpaired) electrons. The second-order valence-electron chi connectivity index (χ2n) is 7.95. The highest BCUT2D eigenvalue weighted by molar-refractivity contribution is 5.98. The van der Waals surface area contributed by atoms with Gasteiger partial charge in [-0.3, -0.25) is 9.69 Å². The van der Waals surface area contributed by atoms with Crippen molar-refractivity contribution in [3.05, 3.63) is 102 Å². The van der Waals surface area contributed by atoms with Crippen LogP contribution in [0.25, 0.3) is 16.9 Å². The van der Waals surface area contributed by atoms with Gasteiger partial charge in [-0.2, -0.15) is 0 Å². The standard InChI is InChI=1S/C26H25N5O/c32-26(30-18-16-29(17-19-30)20-21-10-4-1-5-11-21)24-25(22-12-6-2-7-13-22)31(28-27-24)23-14-8-3-9-15-23/h1-15H,16-20H2. The lowest BCUT2D eigenvalue weighted by Gasteiger charge is -2.34. The van der Waals surface area contributed by atoms with Gasteiger partial charge in [-0.05, 0) is 17.7 Å². The molecule has 0 N–H and O–H groups in total. The van der Waals surface area contributed by atoms with E-state index in [1.54, 1.807) is 4.68 Å². The number of rotatable bonds is 5. The van der Waals surface area contributed by atoms with E-state index in [1.165, 1.54) is 5.56 Å². The Balaban J connectivity index is 1.38. The van der Waals surface area contributed by atoms with Crippen LogP contribution in [0.3, 0.4) is 0 Å². The van der Waals surface area contributed by atoms with Crippen molar-refractivity contribution in [3.8, 4) is 16.9 Å². The van der Waals surface area contributed by atoms with E-state index in [-0.39, 0.29) is 5.91 Å². The highest BCUT2D eigenvalue weighted by Crippen LogP contribution is 2.26. The molecule has 32 heavy (non-hydrogen) atoms. The van der Waals surface area contributed by atoms with Crippen LogP contribution in [0.1, 0.15) is 16.1 Å². The molecule has 6 nitrogen and oxygen atoms in total. The quantitative estimate of drug-likeness (QED) is 0.489. The third kappa shape index (κ3) is 4.18. The van der Waals surface area contributed by atoms with Crippen LogP contribution in [-0.4, -0.2) is 56.9 Å². The minimum absolute atomic E-state index is 0.0644. The molecule has 3 aromatic carbocycles. The SMILES string of the molecule is O=C(c1nnn(-c2ccccc2)c1-c1ccccc1)N1CCN(Cc2ccccc2)CC1. The van der Waals surface area contributed by atoms with E-state index in [9.17, 15) is 4.79 Å². The molecule has 0 unspecified atom stereocenters. The molecular weight excluding hydrogens is 398 g/mol. The first-order chi connectivity index (χ1) is 15.8. The van der Waals surface area contributed by atoms with Gasteiger partial charge in [0.1, 0.15) is 5.69 Å². The Morgan fingerprint density at radius 1 is 0.750 bits per heavy atom. The zero-order valence-electron chi connectivity index (χ0n) is 17.8. The topological polar surface area (TPSA) is 54.3 Å². The minimum Gasteiger partial charge on any atom is -0.335 e. The summed E-state index contributed by atoms with van der Waals surface area (Å²) in [6.07, 6.45) is 0. The average Bonchev–Trinajstić information content (AvgIpc) is 3.31. The predicted octanol–water partition coefficient (Wildman–Crippen LogP) is 3.89. The van der Waals surface area contributed by atoms with E-state index in [2.05, 4.69) is 39.5 Å². The first kappa shape index (κ1) is 20.2. The maximum atomic E-state index is 13.5. The van der Waals surface area contributed by atoms with E-state index in [0.29, 0.717) is 18.8 Å². The molecular formula is C26H25N5O. The summed E-state index contributed by atoms with van der Waals surface area (Å²) in [6.45, 7) is 3.95. The molecule has 6 heteroatoms. The minimum atomic E-state index is -0.0644. The number of nitrogens with zero attached hydrogens (tertiary/aromatic N) is 5. The number of hydrogen-bond donors (Lipinski definition) is 0. The molecule has 1 saturated heterocycles. The van der Waals surface area contributed by atoms with Gasteiger partial charge in [0.2, 0.25) is 0 Å². The summed E-state index contributed by atoms with van der Waals surface area (Å²) in [5.74, 6) is -0.0644. The van der Waals surface area contributed by atoms with Crippen molar-refractivity contribution in [2.45, 2.75) is 6.54 Å². The van der Waals surface area contributed by atoms with Gasteiger partial charge in [0.05, 0.1) is 5.69 Å². The Morgan fingerprint density at radius 3 is 2.00 bits per heavy atom. The van der Waals surface area contributed by atoms with E-state index >= 15 is 0 Å². The van der Waals surface area contributed by atoms with Crippen LogP contribution in [0, 0.1) is 0 Å². The van der Waals surface area contributed by atoms with Crippen molar-refractivity contribution in [1.82, 2.24) is 24.8 Å². The summed E-state index contributed by atoms with van der Waals surface area (Å²) in [5.41, 5.74) is 4.23. The number of carbonyl (C=O) groups is 1. The highest BCUT2D eigenvalue weighted by atomic mass is 16.2. The van der Waals surface area contributed by atoms with Gasteiger partial charge in [-0.15, -0.1) is 5.10 Å². The van der Waals surface area contributed by atoms with Crippen LogP contribution < -0.4 is 0 Å². The number of hydrogen-bond acceptors (Lipinski definition) is 4. The third-order valence-corrected chi connectivity index (χ3v) is 5.83. The summed E-state index contributed by atoms with van der Waals surface area (Å²) >= 11 is 0. The molecule has 5 rings (SSSR count). The van der Waals surface area contributed by atoms with Gasteiger partial charge in [-0.1, -0.05) is 84.1 Å². The third-order valence-electron chi connectivity index (χ3n) is 5.83. The largest absolute Gasteiger partial charge is 0.335 e. The zero-order valence-corrected chi connectivity index (χ0v) is 17.8. The fourth-order valence-corrected chi connectivity index (χ4v) is 4.13. The number of carbonyl (C=O) groups excluding carboxylic acids is 1. The molecule has 0 spiro atoms. The van der Waals surface area contributed by atoms with Crippen molar-refractivity contribution in [2.24, 2.45) is 0 Å². The summed E-state index contributed by atoms with van der Waals surface area (Å²) in [6, 6.07) is 30.2. The van der Waals surface area contributed by atoms with Gasteiger partial charge >= 0.3 is 0 Å². The molecule has 1 fully saturated rings. The lowest BCUT2D eigenvalue weighted by molar-refractivity contribution is 0.0623. The fraction of sp³-hybridized carbons (Fsp3) is 0.192. The highest BCUT2D eigenvalue weighted by Gasteiger charge is 2.28. The van der Waals surface area contributed by atoms with Gasteiger partial charge < -0.3 is 4.90 Å². The summed E-state index contributed by atoms with van der Waals surface area (Å²) in [7, 11) is 0. The van der Waals surface area contributed by atoms with Gasteiger partial charge in [0, 0.05) is 38.3 Å². The van der Waals surface area contributed by atoms with E-state index in [0.717, 1.165) is 36.6 Å². The molecule has 2 heterocycles. The van der Waals surface area contributed by atoms with E-state index < -0.39 is 0 Å². The van der Waals surface area contributed by atoms with Gasteiger partial charge in [0.25, 0.3) is 5.91 Å². The van der Waals surface area contributed by atoms with Crippen molar-refractivity contribution < 1.29 is 4.79 Å². The molecule has 4 aromatic rings. The molecule has 0 bridgehead atoms. The Labute approximate surface area is 187 Å². The van der Waals surface area contributed by atoms with Gasteiger partial charge in [-0.25, -0.2) is 4.68 Å². The number of piperazine rings is 1. The molecule has 0 aliphatic carbocycles. The molecule has 1 aliphatic rings. The number of para-hydroxylation sites is 1. The zero-order chi connectivity index (χ0) is 21.8. The summed E-state index contributed by atoms with van der Waals surface area (Å²) in [5, 5.41) is 8.70. The Bertz CT molecular complexity index is 1170. The summed E-state index contributed by atoms with van der Waals surface area (Å²) in [4.78, 5) is 17.8. The first-order valence-electron chi connectivity index (χ1n) is 10.9. The predicted molar refractivity (Wildman–Crippen MR) is 124 cm³/mol. The lowest BCUT2D eigenvalue weighted by Crippen LogP contribution is -2.48. The number of amides is 1. The number of benzene rings is 3. The monoisotopic (exact) mass is 423 g/mol. The fourth-order valence-electron chi connectivity index (χ4n) is 4.13. The van der Waals surface area contributed by atoms with Crippen molar-refractivity contribution in [3.63, 3.8) is 0 Å². The van der Waals surface area contributed by atoms with Crippen molar-refractivity contribution in [2.75, 3.05) is 26.2 Å². The summed E-state index contributed by atoms with van der Waals surface area (Å²) < 4.78 is 1.76. The lowest BCUT2D eigenvalue weighted by atomic mass is 10.1.